The van der Waals surface area contributed by atoms with Crippen molar-refractivity contribution in [2.24, 2.45) is 11.3 Å². The molecule has 1 aliphatic rings. The molecule has 21 heavy (non-hydrogen) atoms. The van der Waals surface area contributed by atoms with Crippen LogP contribution in [0.4, 0.5) is 4.39 Å². The van der Waals surface area contributed by atoms with E-state index in [1.807, 2.05) is 0 Å². The molecular weight excluding hydrogens is 265 g/mol. The van der Waals surface area contributed by atoms with E-state index in [0.29, 0.717) is 17.4 Å². The third-order valence-electron chi connectivity index (χ3n) is 4.80. The van der Waals surface area contributed by atoms with Crippen molar-refractivity contribution >= 4 is 0 Å². The van der Waals surface area contributed by atoms with E-state index >= 15 is 0 Å². The van der Waals surface area contributed by atoms with Gasteiger partial charge in [0.15, 0.2) is 0 Å². The zero-order valence-corrected chi connectivity index (χ0v) is 13.5. The highest BCUT2D eigenvalue weighted by Gasteiger charge is 2.28. The summed E-state index contributed by atoms with van der Waals surface area (Å²) >= 11 is 0. The third kappa shape index (κ3) is 4.52. The molecule has 0 aliphatic carbocycles. The van der Waals surface area contributed by atoms with Gasteiger partial charge in [0.05, 0.1) is 6.10 Å². The highest BCUT2D eigenvalue weighted by molar-refractivity contribution is 5.19. The molecule has 1 aromatic carbocycles. The Kier molecular flexibility index (Phi) is 5.39. The van der Waals surface area contributed by atoms with E-state index in [2.05, 4.69) is 25.7 Å². The van der Waals surface area contributed by atoms with Crippen LogP contribution in [0.2, 0.25) is 0 Å². The largest absolute Gasteiger partial charge is 0.388 e. The van der Waals surface area contributed by atoms with Crippen molar-refractivity contribution in [3.05, 3.63) is 35.6 Å². The molecule has 1 aromatic rings. The molecule has 0 radical (unpaired) electrons. The topological polar surface area (TPSA) is 23.5 Å². The van der Waals surface area contributed by atoms with Crippen LogP contribution in [-0.2, 0) is 0 Å². The molecule has 0 saturated carbocycles. The second-order valence-electron chi connectivity index (χ2n) is 7.31. The van der Waals surface area contributed by atoms with Gasteiger partial charge in [-0.1, -0.05) is 39.0 Å². The number of aliphatic hydroxyl groups is 1. The van der Waals surface area contributed by atoms with Crippen LogP contribution in [0.3, 0.4) is 0 Å². The van der Waals surface area contributed by atoms with Crippen LogP contribution < -0.4 is 0 Å². The zero-order chi connectivity index (χ0) is 15.5. The lowest BCUT2D eigenvalue weighted by molar-refractivity contribution is 0.0905. The van der Waals surface area contributed by atoms with Crippen LogP contribution in [0.1, 0.15) is 51.7 Å². The summed E-state index contributed by atoms with van der Waals surface area (Å²) in [5, 5.41) is 10.1. The van der Waals surface area contributed by atoms with Crippen LogP contribution in [0.25, 0.3) is 0 Å². The standard InChI is InChI=1S/C18H28FNO/c1-18(2,3)14-8-11-20(12-9-14)13-10-17(21)15-6-4-5-7-16(15)19/h4-7,14,17,21H,8-13H2,1-3H3. The van der Waals surface area contributed by atoms with Gasteiger partial charge in [-0.2, -0.15) is 0 Å². The SMILES string of the molecule is CC(C)(C)C1CCN(CCC(O)c2ccccc2F)CC1. The average Bonchev–Trinajstić information content (AvgIpc) is 2.45. The Balaban J connectivity index is 1.79. The molecule has 2 nitrogen and oxygen atoms in total. The molecule has 1 atom stereocenters. The summed E-state index contributed by atoms with van der Waals surface area (Å²) in [5.41, 5.74) is 0.806. The van der Waals surface area contributed by atoms with E-state index in [4.69, 9.17) is 0 Å². The first-order valence-electron chi connectivity index (χ1n) is 8.03. The summed E-state index contributed by atoms with van der Waals surface area (Å²) in [6.45, 7) is 9.96. The molecule has 2 rings (SSSR count). The summed E-state index contributed by atoms with van der Waals surface area (Å²) in [4.78, 5) is 2.40. The monoisotopic (exact) mass is 293 g/mol. The summed E-state index contributed by atoms with van der Waals surface area (Å²) in [5.74, 6) is 0.474. The van der Waals surface area contributed by atoms with E-state index in [0.717, 1.165) is 25.6 Å². The summed E-state index contributed by atoms with van der Waals surface area (Å²) in [6.07, 6.45) is 2.34. The first kappa shape index (κ1) is 16.4. The minimum absolute atomic E-state index is 0.309. The van der Waals surface area contributed by atoms with Crippen molar-refractivity contribution in [2.75, 3.05) is 19.6 Å². The Morgan fingerprint density at radius 3 is 2.43 bits per heavy atom. The molecule has 118 valence electrons. The lowest BCUT2D eigenvalue weighted by Gasteiger charge is -2.39. The Labute approximate surface area is 128 Å². The number of piperidine rings is 1. The van der Waals surface area contributed by atoms with Crippen molar-refractivity contribution in [3.63, 3.8) is 0 Å². The second kappa shape index (κ2) is 6.89. The maximum absolute atomic E-state index is 13.6. The molecule has 0 aromatic heterocycles. The number of benzene rings is 1. The first-order chi connectivity index (χ1) is 9.88. The van der Waals surface area contributed by atoms with Crippen molar-refractivity contribution in [1.29, 1.82) is 0 Å². The number of rotatable bonds is 4. The normalized spacial score (nSPS) is 19.7. The molecule has 1 saturated heterocycles. The van der Waals surface area contributed by atoms with Gasteiger partial charge in [-0.05, 0) is 49.8 Å². The van der Waals surface area contributed by atoms with E-state index < -0.39 is 6.10 Å². The van der Waals surface area contributed by atoms with E-state index in [1.54, 1.807) is 18.2 Å². The first-order valence-corrected chi connectivity index (χ1v) is 8.03. The smallest absolute Gasteiger partial charge is 0.128 e. The fourth-order valence-electron chi connectivity index (χ4n) is 3.23. The van der Waals surface area contributed by atoms with Crippen molar-refractivity contribution in [3.8, 4) is 0 Å². The Morgan fingerprint density at radius 2 is 1.86 bits per heavy atom. The number of likely N-dealkylation sites (tertiary alicyclic amines) is 1. The minimum Gasteiger partial charge on any atom is -0.388 e. The predicted molar refractivity (Wildman–Crippen MR) is 84.6 cm³/mol. The minimum atomic E-state index is -0.702. The van der Waals surface area contributed by atoms with Crippen LogP contribution in [0.15, 0.2) is 24.3 Å². The fraction of sp³-hybridized carbons (Fsp3) is 0.667. The fourth-order valence-corrected chi connectivity index (χ4v) is 3.23. The van der Waals surface area contributed by atoms with E-state index in [1.165, 1.54) is 18.9 Å². The van der Waals surface area contributed by atoms with E-state index in [9.17, 15) is 9.50 Å². The molecular formula is C18H28FNO. The number of halogens is 1. The van der Waals surface area contributed by atoms with Gasteiger partial charge in [-0.25, -0.2) is 4.39 Å². The predicted octanol–water partition coefficient (Wildman–Crippen LogP) is 4.01. The van der Waals surface area contributed by atoms with E-state index in [-0.39, 0.29) is 5.82 Å². The molecule has 1 unspecified atom stereocenters. The van der Waals surface area contributed by atoms with Gasteiger partial charge in [0.25, 0.3) is 0 Å². The highest BCUT2D eigenvalue weighted by atomic mass is 19.1. The van der Waals surface area contributed by atoms with Crippen LogP contribution in [-0.4, -0.2) is 29.6 Å². The van der Waals surface area contributed by atoms with Crippen molar-refractivity contribution in [1.82, 2.24) is 4.90 Å². The molecule has 0 bridgehead atoms. The number of hydrogen-bond donors (Lipinski definition) is 1. The van der Waals surface area contributed by atoms with Gasteiger partial charge in [0.2, 0.25) is 0 Å². The van der Waals surface area contributed by atoms with Crippen LogP contribution >= 0.6 is 0 Å². The van der Waals surface area contributed by atoms with Crippen molar-refractivity contribution < 1.29 is 9.50 Å². The number of nitrogens with zero attached hydrogens (tertiary/aromatic N) is 1. The molecule has 1 fully saturated rings. The van der Waals surface area contributed by atoms with Crippen molar-refractivity contribution in [2.45, 2.75) is 46.1 Å². The maximum Gasteiger partial charge on any atom is 0.128 e. The van der Waals surface area contributed by atoms with Gasteiger partial charge in [0.1, 0.15) is 5.82 Å². The second-order valence-corrected chi connectivity index (χ2v) is 7.31. The third-order valence-corrected chi connectivity index (χ3v) is 4.80. The molecule has 1 N–H and O–H groups in total. The zero-order valence-electron chi connectivity index (χ0n) is 13.5. The Hall–Kier alpha value is -0.930. The lowest BCUT2D eigenvalue weighted by atomic mass is 9.75. The molecule has 1 heterocycles. The van der Waals surface area contributed by atoms with Gasteiger partial charge in [-0.3, -0.25) is 0 Å². The number of hydrogen-bond acceptors (Lipinski definition) is 2. The van der Waals surface area contributed by atoms with Crippen LogP contribution in [0, 0.1) is 17.2 Å². The molecule has 3 heteroatoms. The maximum atomic E-state index is 13.6. The van der Waals surface area contributed by atoms with Gasteiger partial charge < -0.3 is 10.0 Å². The van der Waals surface area contributed by atoms with Gasteiger partial charge in [-0.15, -0.1) is 0 Å². The van der Waals surface area contributed by atoms with Gasteiger partial charge >= 0.3 is 0 Å². The Morgan fingerprint density at radius 1 is 1.24 bits per heavy atom. The summed E-state index contributed by atoms with van der Waals surface area (Å²) in [6, 6.07) is 6.51. The molecule has 1 aliphatic heterocycles. The molecule has 0 amide bonds. The lowest BCUT2D eigenvalue weighted by Crippen LogP contribution is -2.38. The van der Waals surface area contributed by atoms with Crippen LogP contribution in [0.5, 0.6) is 0 Å². The quantitative estimate of drug-likeness (QED) is 0.906. The summed E-state index contributed by atoms with van der Waals surface area (Å²) < 4.78 is 13.6. The highest BCUT2D eigenvalue weighted by Crippen LogP contribution is 2.34. The summed E-state index contributed by atoms with van der Waals surface area (Å²) in [7, 11) is 0. The Bertz CT molecular complexity index is 447. The number of aliphatic hydroxyl groups excluding tert-OH is 1. The average molecular weight is 293 g/mol. The molecule has 0 spiro atoms. The van der Waals surface area contributed by atoms with Gasteiger partial charge in [0, 0.05) is 12.1 Å².